The Hall–Kier alpha value is -1.01. The topological polar surface area (TPSA) is 38.3 Å². The molecule has 0 spiro atoms. The van der Waals surface area contributed by atoms with Crippen LogP contribution >= 0.6 is 0 Å². The van der Waals surface area contributed by atoms with Crippen LogP contribution in [0.3, 0.4) is 0 Å². The largest absolute Gasteiger partial charge is 0.466 e. The first-order valence-corrected chi connectivity index (χ1v) is 5.61. The van der Waals surface area contributed by atoms with Crippen molar-refractivity contribution in [2.75, 3.05) is 19.7 Å². The minimum Gasteiger partial charge on any atom is -0.466 e. The smallest absolute Gasteiger partial charge is 0.305 e. The Morgan fingerprint density at radius 3 is 2.80 bits per heavy atom. The van der Waals surface area contributed by atoms with Crippen LogP contribution in [0.4, 0.5) is 0 Å². The number of hydrogen-bond acceptors (Lipinski definition) is 3. The summed E-state index contributed by atoms with van der Waals surface area (Å²) in [6.45, 7) is 4.17. The SMILES string of the molecule is C#CCCNCCCCCC(=O)OCC. The quantitative estimate of drug-likeness (QED) is 0.358. The summed E-state index contributed by atoms with van der Waals surface area (Å²) in [5.74, 6) is 2.49. The van der Waals surface area contributed by atoms with Crippen LogP contribution in [0.15, 0.2) is 0 Å². The minimum atomic E-state index is -0.0854. The molecule has 0 saturated heterocycles. The molecule has 1 N–H and O–H groups in total. The van der Waals surface area contributed by atoms with E-state index in [1.165, 1.54) is 0 Å². The van der Waals surface area contributed by atoms with Gasteiger partial charge in [0.15, 0.2) is 0 Å². The van der Waals surface area contributed by atoms with Crippen LogP contribution in [0.5, 0.6) is 0 Å². The summed E-state index contributed by atoms with van der Waals surface area (Å²) < 4.78 is 4.82. The lowest BCUT2D eigenvalue weighted by Gasteiger charge is -2.03. The molecule has 0 aromatic carbocycles. The predicted octanol–water partition coefficient (Wildman–Crippen LogP) is 1.72. The van der Waals surface area contributed by atoms with Crippen LogP contribution < -0.4 is 5.32 Å². The normalized spacial score (nSPS) is 9.60. The second-order valence-electron chi connectivity index (χ2n) is 3.32. The van der Waals surface area contributed by atoms with Crippen molar-refractivity contribution < 1.29 is 9.53 Å². The average molecular weight is 211 g/mol. The molecule has 0 aliphatic carbocycles. The van der Waals surface area contributed by atoms with E-state index < -0.39 is 0 Å². The van der Waals surface area contributed by atoms with Gasteiger partial charge >= 0.3 is 5.97 Å². The lowest BCUT2D eigenvalue weighted by molar-refractivity contribution is -0.143. The number of carbonyl (C=O) groups is 1. The Kier molecular flexibility index (Phi) is 10.3. The highest BCUT2D eigenvalue weighted by molar-refractivity contribution is 5.69. The first-order chi connectivity index (χ1) is 7.31. The molecule has 0 aliphatic heterocycles. The van der Waals surface area contributed by atoms with Gasteiger partial charge in [-0.1, -0.05) is 6.42 Å². The molecular weight excluding hydrogens is 190 g/mol. The molecule has 0 aromatic rings. The Labute approximate surface area is 92.6 Å². The van der Waals surface area contributed by atoms with Gasteiger partial charge in [-0.25, -0.2) is 0 Å². The van der Waals surface area contributed by atoms with Crippen molar-refractivity contribution in [3.63, 3.8) is 0 Å². The van der Waals surface area contributed by atoms with Crippen LogP contribution in [0.1, 0.15) is 39.0 Å². The van der Waals surface area contributed by atoms with Gasteiger partial charge in [0.2, 0.25) is 0 Å². The van der Waals surface area contributed by atoms with Gasteiger partial charge in [-0.3, -0.25) is 4.79 Å². The molecule has 3 nitrogen and oxygen atoms in total. The van der Waals surface area contributed by atoms with Gasteiger partial charge in [0, 0.05) is 19.4 Å². The van der Waals surface area contributed by atoms with Gasteiger partial charge in [0.25, 0.3) is 0 Å². The van der Waals surface area contributed by atoms with E-state index in [-0.39, 0.29) is 5.97 Å². The zero-order chi connectivity index (χ0) is 11.4. The Morgan fingerprint density at radius 2 is 2.13 bits per heavy atom. The third kappa shape index (κ3) is 10.9. The number of ether oxygens (including phenoxy) is 1. The minimum absolute atomic E-state index is 0.0854. The summed E-state index contributed by atoms with van der Waals surface area (Å²) in [5, 5.41) is 3.24. The van der Waals surface area contributed by atoms with E-state index >= 15 is 0 Å². The third-order valence-corrected chi connectivity index (χ3v) is 1.99. The molecule has 0 heterocycles. The Morgan fingerprint density at radius 1 is 1.33 bits per heavy atom. The number of terminal acetylenes is 1. The standard InChI is InChI=1S/C12H21NO2/c1-3-5-10-13-11-8-6-7-9-12(14)15-4-2/h1,13H,4-11H2,2H3. The van der Waals surface area contributed by atoms with E-state index in [4.69, 9.17) is 11.2 Å². The predicted molar refractivity (Wildman–Crippen MR) is 61.4 cm³/mol. The molecule has 0 aliphatic rings. The van der Waals surface area contributed by atoms with E-state index in [0.29, 0.717) is 13.0 Å². The van der Waals surface area contributed by atoms with Crippen LogP contribution in [0, 0.1) is 12.3 Å². The van der Waals surface area contributed by atoms with Crippen LogP contribution in [0.2, 0.25) is 0 Å². The molecule has 0 saturated carbocycles. The molecule has 0 atom stereocenters. The van der Waals surface area contributed by atoms with Crippen molar-refractivity contribution in [2.45, 2.75) is 39.0 Å². The van der Waals surface area contributed by atoms with E-state index in [1.807, 2.05) is 6.92 Å². The summed E-state index contributed by atoms with van der Waals surface area (Å²) in [6.07, 6.45) is 9.49. The van der Waals surface area contributed by atoms with Crippen LogP contribution in [0.25, 0.3) is 0 Å². The van der Waals surface area contributed by atoms with E-state index in [0.717, 1.165) is 38.8 Å². The highest BCUT2D eigenvalue weighted by atomic mass is 16.5. The summed E-state index contributed by atoms with van der Waals surface area (Å²) in [6, 6.07) is 0. The maximum absolute atomic E-state index is 11.0. The number of hydrogen-bond donors (Lipinski definition) is 1. The first-order valence-electron chi connectivity index (χ1n) is 5.61. The van der Waals surface area contributed by atoms with Gasteiger partial charge in [-0.15, -0.1) is 12.3 Å². The number of rotatable bonds is 9. The summed E-state index contributed by atoms with van der Waals surface area (Å²) in [7, 11) is 0. The Bertz CT molecular complexity index is 196. The molecule has 0 aromatic heterocycles. The maximum atomic E-state index is 11.0. The number of unbranched alkanes of at least 4 members (excludes halogenated alkanes) is 2. The van der Waals surface area contributed by atoms with Gasteiger partial charge in [0.1, 0.15) is 0 Å². The number of nitrogens with one attached hydrogen (secondary N) is 1. The first kappa shape index (κ1) is 14.0. The zero-order valence-corrected chi connectivity index (χ0v) is 9.55. The third-order valence-electron chi connectivity index (χ3n) is 1.99. The molecule has 3 heteroatoms. The summed E-state index contributed by atoms with van der Waals surface area (Å²) >= 11 is 0. The summed E-state index contributed by atoms with van der Waals surface area (Å²) in [5.41, 5.74) is 0. The van der Waals surface area contributed by atoms with Crippen molar-refractivity contribution in [3.05, 3.63) is 0 Å². The van der Waals surface area contributed by atoms with Crippen LogP contribution in [-0.4, -0.2) is 25.7 Å². The van der Waals surface area contributed by atoms with Crippen molar-refractivity contribution in [2.24, 2.45) is 0 Å². The Balaban J connectivity index is 3.05. The molecular formula is C12H21NO2. The van der Waals surface area contributed by atoms with Gasteiger partial charge in [-0.2, -0.15) is 0 Å². The maximum Gasteiger partial charge on any atom is 0.305 e. The molecule has 86 valence electrons. The van der Waals surface area contributed by atoms with E-state index in [2.05, 4.69) is 11.2 Å². The van der Waals surface area contributed by atoms with E-state index in [1.54, 1.807) is 0 Å². The zero-order valence-electron chi connectivity index (χ0n) is 9.55. The van der Waals surface area contributed by atoms with Crippen molar-refractivity contribution in [3.8, 4) is 12.3 Å². The highest BCUT2D eigenvalue weighted by Gasteiger charge is 1.99. The van der Waals surface area contributed by atoms with Gasteiger partial charge < -0.3 is 10.1 Å². The molecule has 0 bridgehead atoms. The lowest BCUT2D eigenvalue weighted by atomic mass is 10.2. The fourth-order valence-electron chi connectivity index (χ4n) is 1.21. The monoisotopic (exact) mass is 211 g/mol. The van der Waals surface area contributed by atoms with E-state index in [9.17, 15) is 4.79 Å². The van der Waals surface area contributed by atoms with Gasteiger partial charge in [0.05, 0.1) is 6.61 Å². The van der Waals surface area contributed by atoms with Crippen LogP contribution in [-0.2, 0) is 9.53 Å². The molecule has 0 radical (unpaired) electrons. The second-order valence-corrected chi connectivity index (χ2v) is 3.32. The number of esters is 1. The van der Waals surface area contributed by atoms with Crippen molar-refractivity contribution in [1.82, 2.24) is 5.32 Å². The van der Waals surface area contributed by atoms with Gasteiger partial charge in [-0.05, 0) is 26.3 Å². The number of carbonyl (C=O) groups excluding carboxylic acids is 1. The molecule has 0 unspecified atom stereocenters. The molecule has 0 amide bonds. The fraction of sp³-hybridized carbons (Fsp3) is 0.750. The second kappa shape index (κ2) is 11.1. The van der Waals surface area contributed by atoms with Crippen molar-refractivity contribution >= 4 is 5.97 Å². The molecule has 0 rings (SSSR count). The molecule has 15 heavy (non-hydrogen) atoms. The molecule has 0 fully saturated rings. The van der Waals surface area contributed by atoms with Crippen molar-refractivity contribution in [1.29, 1.82) is 0 Å². The average Bonchev–Trinajstić information content (AvgIpc) is 2.22. The lowest BCUT2D eigenvalue weighted by Crippen LogP contribution is -2.16. The summed E-state index contributed by atoms with van der Waals surface area (Å²) in [4.78, 5) is 11.0. The fourth-order valence-corrected chi connectivity index (χ4v) is 1.21. The highest BCUT2D eigenvalue weighted by Crippen LogP contribution is 2.00.